The molecule has 2 N–H and O–H groups in total. The van der Waals surface area contributed by atoms with E-state index in [-0.39, 0.29) is 25.0 Å². The van der Waals surface area contributed by atoms with Gasteiger partial charge in [-0.3, -0.25) is 14.5 Å². The molecule has 1 aliphatic heterocycles. The Bertz CT molecular complexity index is 413. The molecule has 0 aromatic rings. The van der Waals surface area contributed by atoms with Crippen LogP contribution in [0.3, 0.4) is 0 Å². The van der Waals surface area contributed by atoms with Gasteiger partial charge in [0, 0.05) is 20.2 Å². The summed E-state index contributed by atoms with van der Waals surface area (Å²) in [5.41, 5.74) is -0.906. The maximum Gasteiger partial charge on any atom is 0.325 e. The molecule has 0 radical (unpaired) electrons. The summed E-state index contributed by atoms with van der Waals surface area (Å²) in [5.74, 6) is -0.611. The molecule has 0 saturated carbocycles. The zero-order valence-electron chi connectivity index (χ0n) is 13.0. The third kappa shape index (κ3) is 4.17. The van der Waals surface area contributed by atoms with Gasteiger partial charge in [-0.05, 0) is 32.6 Å². The predicted octanol–water partition coefficient (Wildman–Crippen LogP) is 0.328. The van der Waals surface area contributed by atoms with Crippen molar-refractivity contribution in [3.63, 3.8) is 0 Å². The van der Waals surface area contributed by atoms with Crippen molar-refractivity contribution < 1.29 is 19.5 Å². The Morgan fingerprint density at radius 2 is 2.00 bits per heavy atom. The van der Waals surface area contributed by atoms with Crippen molar-refractivity contribution in [1.82, 2.24) is 15.1 Å². The van der Waals surface area contributed by atoms with E-state index in [0.717, 1.165) is 17.7 Å². The molecule has 7 heteroatoms. The van der Waals surface area contributed by atoms with Crippen LogP contribution in [0, 0.1) is 0 Å². The largest absolute Gasteiger partial charge is 0.396 e. The first kappa shape index (κ1) is 17.4. The van der Waals surface area contributed by atoms with Crippen molar-refractivity contribution in [3.05, 3.63) is 0 Å². The molecule has 120 valence electrons. The van der Waals surface area contributed by atoms with Crippen molar-refractivity contribution in [3.8, 4) is 0 Å². The molecule has 1 aliphatic rings. The van der Waals surface area contributed by atoms with Gasteiger partial charge in [0.05, 0.1) is 0 Å². The van der Waals surface area contributed by atoms with Gasteiger partial charge in [-0.25, -0.2) is 4.79 Å². The Morgan fingerprint density at radius 3 is 2.52 bits per heavy atom. The van der Waals surface area contributed by atoms with E-state index < -0.39 is 11.6 Å². The van der Waals surface area contributed by atoms with E-state index in [9.17, 15) is 14.4 Å². The van der Waals surface area contributed by atoms with Gasteiger partial charge in [-0.15, -0.1) is 0 Å². The van der Waals surface area contributed by atoms with Crippen LogP contribution in [0.2, 0.25) is 0 Å². The molecule has 1 saturated heterocycles. The summed E-state index contributed by atoms with van der Waals surface area (Å²) < 4.78 is 0. The summed E-state index contributed by atoms with van der Waals surface area (Å²) >= 11 is 0. The van der Waals surface area contributed by atoms with Gasteiger partial charge in [-0.2, -0.15) is 0 Å². The molecule has 0 bridgehead atoms. The number of likely N-dealkylation sites (N-methyl/N-ethyl adjacent to an activating group) is 1. The standard InChI is InChI=1S/C14H25N3O4/c1-4-14(2)12(20)17(13(21)15-14)10-11(19)16(3)8-6-5-7-9-18/h18H,4-10H2,1-3H3,(H,15,21). The molecule has 0 aromatic heterocycles. The fourth-order valence-corrected chi connectivity index (χ4v) is 2.15. The van der Waals surface area contributed by atoms with Gasteiger partial charge >= 0.3 is 6.03 Å². The van der Waals surface area contributed by atoms with Crippen molar-refractivity contribution in [2.24, 2.45) is 0 Å². The quantitative estimate of drug-likeness (QED) is 0.499. The van der Waals surface area contributed by atoms with E-state index in [1.807, 2.05) is 6.92 Å². The van der Waals surface area contributed by atoms with Crippen LogP contribution in [0.4, 0.5) is 4.79 Å². The molecule has 4 amide bonds. The highest BCUT2D eigenvalue weighted by molar-refractivity contribution is 6.08. The molecular formula is C14H25N3O4. The SMILES string of the molecule is CCC1(C)NC(=O)N(CC(=O)N(C)CCCCCO)C1=O. The molecule has 0 spiro atoms. The minimum Gasteiger partial charge on any atom is -0.396 e. The number of aliphatic hydroxyl groups is 1. The monoisotopic (exact) mass is 299 g/mol. The maximum atomic E-state index is 12.2. The minimum absolute atomic E-state index is 0.149. The average molecular weight is 299 g/mol. The minimum atomic E-state index is -0.906. The van der Waals surface area contributed by atoms with Gasteiger partial charge < -0.3 is 15.3 Å². The number of hydrogen-bond acceptors (Lipinski definition) is 4. The van der Waals surface area contributed by atoms with E-state index in [1.54, 1.807) is 14.0 Å². The lowest BCUT2D eigenvalue weighted by Gasteiger charge is -2.21. The molecule has 1 heterocycles. The molecular weight excluding hydrogens is 274 g/mol. The second-order valence-corrected chi connectivity index (χ2v) is 5.61. The van der Waals surface area contributed by atoms with Gasteiger partial charge in [0.25, 0.3) is 5.91 Å². The van der Waals surface area contributed by atoms with Gasteiger partial charge in [0.15, 0.2) is 0 Å². The van der Waals surface area contributed by atoms with E-state index in [0.29, 0.717) is 19.4 Å². The molecule has 0 aliphatic carbocycles. The average Bonchev–Trinajstić information content (AvgIpc) is 2.67. The normalized spacial score (nSPS) is 21.6. The number of carbonyl (C=O) groups excluding carboxylic acids is 3. The van der Waals surface area contributed by atoms with Crippen LogP contribution in [-0.4, -0.2) is 65.0 Å². The van der Waals surface area contributed by atoms with Crippen LogP contribution in [0.5, 0.6) is 0 Å². The highest BCUT2D eigenvalue weighted by Crippen LogP contribution is 2.20. The second-order valence-electron chi connectivity index (χ2n) is 5.61. The van der Waals surface area contributed by atoms with Crippen LogP contribution in [-0.2, 0) is 9.59 Å². The second kappa shape index (κ2) is 7.40. The number of imide groups is 1. The Kier molecular flexibility index (Phi) is 6.14. The Morgan fingerprint density at radius 1 is 1.33 bits per heavy atom. The molecule has 1 rings (SSSR count). The number of nitrogens with zero attached hydrogens (tertiary/aromatic N) is 2. The van der Waals surface area contributed by atoms with E-state index in [4.69, 9.17) is 5.11 Å². The number of nitrogens with one attached hydrogen (secondary N) is 1. The number of aliphatic hydroxyl groups excluding tert-OH is 1. The summed E-state index contributed by atoms with van der Waals surface area (Å²) in [6, 6.07) is -0.508. The number of urea groups is 1. The topological polar surface area (TPSA) is 90.0 Å². The first-order valence-corrected chi connectivity index (χ1v) is 7.34. The van der Waals surface area contributed by atoms with Crippen LogP contribution < -0.4 is 5.32 Å². The van der Waals surface area contributed by atoms with Gasteiger partial charge in [0.1, 0.15) is 12.1 Å². The molecule has 1 fully saturated rings. The Labute approximate surface area is 125 Å². The van der Waals surface area contributed by atoms with Crippen LogP contribution in [0.15, 0.2) is 0 Å². The maximum absolute atomic E-state index is 12.2. The third-order valence-corrected chi connectivity index (χ3v) is 3.92. The third-order valence-electron chi connectivity index (χ3n) is 3.92. The summed E-state index contributed by atoms with van der Waals surface area (Å²) in [4.78, 5) is 38.5. The van der Waals surface area contributed by atoms with E-state index in [2.05, 4.69) is 5.32 Å². The van der Waals surface area contributed by atoms with Crippen molar-refractivity contribution in [1.29, 1.82) is 0 Å². The zero-order chi connectivity index (χ0) is 16.0. The number of unbranched alkanes of at least 4 members (excludes halogenated alkanes) is 2. The van der Waals surface area contributed by atoms with Crippen molar-refractivity contribution in [2.45, 2.75) is 45.1 Å². The Balaban J connectivity index is 2.51. The molecule has 1 atom stereocenters. The summed E-state index contributed by atoms with van der Waals surface area (Å²) in [5, 5.41) is 11.3. The van der Waals surface area contributed by atoms with Crippen LogP contribution in [0.25, 0.3) is 0 Å². The summed E-state index contributed by atoms with van der Waals surface area (Å²) in [6.07, 6.45) is 2.82. The van der Waals surface area contributed by atoms with Crippen molar-refractivity contribution >= 4 is 17.8 Å². The molecule has 7 nitrogen and oxygen atoms in total. The molecule has 21 heavy (non-hydrogen) atoms. The summed E-state index contributed by atoms with van der Waals surface area (Å²) in [7, 11) is 1.65. The molecule has 0 aromatic carbocycles. The lowest BCUT2D eigenvalue weighted by molar-refractivity contribution is -0.138. The lowest BCUT2D eigenvalue weighted by atomic mass is 9.99. The highest BCUT2D eigenvalue weighted by atomic mass is 16.3. The van der Waals surface area contributed by atoms with Gasteiger partial charge in [-0.1, -0.05) is 6.92 Å². The van der Waals surface area contributed by atoms with Gasteiger partial charge in [0.2, 0.25) is 5.91 Å². The predicted molar refractivity (Wildman–Crippen MR) is 77.5 cm³/mol. The highest BCUT2D eigenvalue weighted by Gasteiger charge is 2.47. The van der Waals surface area contributed by atoms with E-state index in [1.165, 1.54) is 4.90 Å². The van der Waals surface area contributed by atoms with Crippen LogP contribution in [0.1, 0.15) is 39.5 Å². The Hall–Kier alpha value is -1.63. The first-order chi connectivity index (χ1) is 9.85. The number of hydrogen-bond donors (Lipinski definition) is 2. The summed E-state index contributed by atoms with van der Waals surface area (Å²) in [6.45, 7) is 3.95. The zero-order valence-corrected chi connectivity index (χ0v) is 13.0. The number of carbonyl (C=O) groups is 3. The fourth-order valence-electron chi connectivity index (χ4n) is 2.15. The number of rotatable bonds is 8. The van der Waals surface area contributed by atoms with E-state index >= 15 is 0 Å². The van der Waals surface area contributed by atoms with Crippen molar-refractivity contribution in [2.75, 3.05) is 26.7 Å². The molecule has 1 unspecified atom stereocenters. The fraction of sp³-hybridized carbons (Fsp3) is 0.786. The van der Waals surface area contributed by atoms with Crippen LogP contribution >= 0.6 is 0 Å². The number of amides is 4. The lowest BCUT2D eigenvalue weighted by Crippen LogP contribution is -2.45. The first-order valence-electron chi connectivity index (χ1n) is 7.34. The smallest absolute Gasteiger partial charge is 0.325 e.